The normalized spacial score (nSPS) is 40.8. The highest BCUT2D eigenvalue weighted by molar-refractivity contribution is 5.44. The van der Waals surface area contributed by atoms with Gasteiger partial charge in [0.05, 0.1) is 6.10 Å². The number of aliphatic hydroxyl groups excluding tert-OH is 1. The third-order valence-corrected chi connectivity index (χ3v) is 8.41. The lowest BCUT2D eigenvalue weighted by atomic mass is 9.50. The van der Waals surface area contributed by atoms with Crippen LogP contribution in [0.25, 0.3) is 0 Å². The maximum absolute atomic E-state index is 15.9. The SMILES string of the molecule is CC[C@H]1[C@H]2[C@H]3[C@@H](c4ccc(O)cc4C[C@H]3c3ccccc3)[C@@H](F)C[C@]2(C)C[C@@H]1O. The van der Waals surface area contributed by atoms with Gasteiger partial charge in [-0.25, -0.2) is 4.39 Å². The van der Waals surface area contributed by atoms with Crippen LogP contribution in [0.15, 0.2) is 48.5 Å². The predicted octanol–water partition coefficient (Wildman–Crippen LogP) is 5.59. The van der Waals surface area contributed by atoms with Crippen LogP contribution in [-0.2, 0) is 6.42 Å². The summed E-state index contributed by atoms with van der Waals surface area (Å²) in [6.45, 7) is 4.39. The van der Waals surface area contributed by atoms with Crippen molar-refractivity contribution in [2.45, 2.75) is 63.6 Å². The van der Waals surface area contributed by atoms with Crippen LogP contribution < -0.4 is 0 Å². The zero-order valence-corrected chi connectivity index (χ0v) is 17.3. The highest BCUT2D eigenvalue weighted by atomic mass is 19.1. The number of aliphatic hydroxyl groups is 1. The van der Waals surface area contributed by atoms with E-state index in [0.29, 0.717) is 18.8 Å². The minimum atomic E-state index is -0.918. The standard InChI is InChI=1S/C26H31FO2/c1-3-18-22(29)14-26(2)13-21(27)23-19-10-9-17(28)11-16(19)12-20(24(23)25(18)26)15-7-5-4-6-8-15/h4-11,18,20-25,28-29H,3,12-14H2,1-2H3/t18-,20+,21+,22+,23+,24-,25+,26-/m1/s1. The first-order valence-corrected chi connectivity index (χ1v) is 11.1. The highest BCUT2D eigenvalue weighted by Gasteiger charge is 2.62. The average molecular weight is 395 g/mol. The van der Waals surface area contributed by atoms with Crippen LogP contribution in [0, 0.1) is 23.2 Å². The molecule has 3 heteroatoms. The van der Waals surface area contributed by atoms with E-state index in [4.69, 9.17) is 0 Å². The lowest BCUT2D eigenvalue weighted by molar-refractivity contribution is -0.0276. The van der Waals surface area contributed by atoms with E-state index in [9.17, 15) is 10.2 Å². The summed E-state index contributed by atoms with van der Waals surface area (Å²) in [5, 5.41) is 21.0. The van der Waals surface area contributed by atoms with Crippen molar-refractivity contribution in [3.8, 4) is 5.75 Å². The molecular weight excluding hydrogens is 363 g/mol. The van der Waals surface area contributed by atoms with Crippen LogP contribution in [-0.4, -0.2) is 22.5 Å². The van der Waals surface area contributed by atoms with Gasteiger partial charge in [0.1, 0.15) is 11.9 Å². The molecule has 0 amide bonds. The van der Waals surface area contributed by atoms with Gasteiger partial charge >= 0.3 is 0 Å². The molecule has 0 unspecified atom stereocenters. The molecule has 0 saturated heterocycles. The molecular formula is C26H31FO2. The first kappa shape index (κ1) is 19.1. The van der Waals surface area contributed by atoms with E-state index in [1.807, 2.05) is 18.2 Å². The predicted molar refractivity (Wildman–Crippen MR) is 113 cm³/mol. The summed E-state index contributed by atoms with van der Waals surface area (Å²) in [7, 11) is 0. The second-order valence-corrected chi connectivity index (χ2v) is 9.95. The van der Waals surface area contributed by atoms with Gasteiger partial charge in [-0.2, -0.15) is 0 Å². The van der Waals surface area contributed by atoms with Crippen molar-refractivity contribution < 1.29 is 14.6 Å². The lowest BCUT2D eigenvalue weighted by Crippen LogP contribution is -2.50. The van der Waals surface area contributed by atoms with Crippen molar-refractivity contribution in [2.75, 3.05) is 0 Å². The number of benzene rings is 2. The molecule has 5 rings (SSSR count). The average Bonchev–Trinajstić information content (AvgIpc) is 2.96. The van der Waals surface area contributed by atoms with Gasteiger partial charge in [0.2, 0.25) is 0 Å². The molecule has 0 spiro atoms. The van der Waals surface area contributed by atoms with Gasteiger partial charge < -0.3 is 10.2 Å². The topological polar surface area (TPSA) is 40.5 Å². The van der Waals surface area contributed by atoms with E-state index >= 15 is 4.39 Å². The van der Waals surface area contributed by atoms with E-state index in [0.717, 1.165) is 24.0 Å². The Morgan fingerprint density at radius 1 is 1.10 bits per heavy atom. The minimum Gasteiger partial charge on any atom is -0.508 e. The Hall–Kier alpha value is -1.87. The molecule has 3 aliphatic carbocycles. The number of hydrogen-bond donors (Lipinski definition) is 2. The molecule has 0 bridgehead atoms. The van der Waals surface area contributed by atoms with Gasteiger partial charge in [0.25, 0.3) is 0 Å². The summed E-state index contributed by atoms with van der Waals surface area (Å²) in [5.41, 5.74) is 3.26. The van der Waals surface area contributed by atoms with Crippen molar-refractivity contribution in [3.05, 3.63) is 65.2 Å². The van der Waals surface area contributed by atoms with Crippen molar-refractivity contribution in [1.82, 2.24) is 0 Å². The van der Waals surface area contributed by atoms with Gasteiger partial charge in [-0.1, -0.05) is 56.7 Å². The van der Waals surface area contributed by atoms with Crippen LogP contribution in [0.2, 0.25) is 0 Å². The Labute approximate surface area is 172 Å². The molecule has 0 radical (unpaired) electrons. The first-order valence-electron chi connectivity index (χ1n) is 11.1. The number of fused-ring (bicyclic) bond motifs is 5. The zero-order chi connectivity index (χ0) is 20.3. The van der Waals surface area contributed by atoms with Crippen LogP contribution in [0.3, 0.4) is 0 Å². The van der Waals surface area contributed by atoms with Crippen LogP contribution in [0.4, 0.5) is 4.39 Å². The Morgan fingerprint density at radius 3 is 2.59 bits per heavy atom. The second kappa shape index (κ2) is 6.84. The van der Waals surface area contributed by atoms with E-state index in [1.54, 1.807) is 6.07 Å². The molecule has 2 aromatic carbocycles. The van der Waals surface area contributed by atoms with Crippen molar-refractivity contribution in [2.24, 2.45) is 23.2 Å². The zero-order valence-electron chi connectivity index (χ0n) is 17.3. The van der Waals surface area contributed by atoms with E-state index in [1.165, 1.54) is 5.56 Å². The number of alkyl halides is 1. The number of aromatic hydroxyl groups is 1. The molecule has 2 fully saturated rings. The van der Waals surface area contributed by atoms with E-state index in [-0.39, 0.29) is 40.9 Å². The molecule has 0 heterocycles. The molecule has 2 saturated carbocycles. The number of phenolic OH excluding ortho intramolecular Hbond substituents is 1. The fourth-order valence-electron chi connectivity index (χ4n) is 7.46. The van der Waals surface area contributed by atoms with Crippen LogP contribution in [0.1, 0.15) is 61.6 Å². The monoisotopic (exact) mass is 394 g/mol. The summed E-state index contributed by atoms with van der Waals surface area (Å²) >= 11 is 0. The van der Waals surface area contributed by atoms with Crippen molar-refractivity contribution in [3.63, 3.8) is 0 Å². The largest absolute Gasteiger partial charge is 0.508 e. The molecule has 8 atom stereocenters. The maximum atomic E-state index is 15.9. The first-order chi connectivity index (χ1) is 13.9. The minimum absolute atomic E-state index is 0.151. The molecule has 2 N–H and O–H groups in total. The summed E-state index contributed by atoms with van der Waals surface area (Å²) in [4.78, 5) is 0. The lowest BCUT2D eigenvalue weighted by Gasteiger charge is -2.55. The fraction of sp³-hybridized carbons (Fsp3) is 0.538. The molecule has 2 aromatic rings. The van der Waals surface area contributed by atoms with Gasteiger partial charge in [-0.15, -0.1) is 0 Å². The van der Waals surface area contributed by atoms with Crippen molar-refractivity contribution in [1.29, 1.82) is 0 Å². The Kier molecular flexibility index (Phi) is 4.51. The molecule has 2 nitrogen and oxygen atoms in total. The number of rotatable bonds is 2. The quantitative estimate of drug-likeness (QED) is 0.697. The van der Waals surface area contributed by atoms with Crippen LogP contribution >= 0.6 is 0 Å². The summed E-state index contributed by atoms with van der Waals surface area (Å²) < 4.78 is 15.9. The maximum Gasteiger partial charge on any atom is 0.115 e. The van der Waals surface area contributed by atoms with Gasteiger partial charge in [-0.3, -0.25) is 0 Å². The molecule has 3 aliphatic rings. The van der Waals surface area contributed by atoms with Crippen LogP contribution in [0.5, 0.6) is 5.75 Å². The number of halogens is 1. The second-order valence-electron chi connectivity index (χ2n) is 9.95. The third-order valence-electron chi connectivity index (χ3n) is 8.41. The molecule has 29 heavy (non-hydrogen) atoms. The van der Waals surface area contributed by atoms with Gasteiger partial charge in [-0.05, 0) is 77.2 Å². The van der Waals surface area contributed by atoms with Gasteiger partial charge in [0.15, 0.2) is 0 Å². The smallest absolute Gasteiger partial charge is 0.115 e. The molecule has 154 valence electrons. The fourth-order valence-corrected chi connectivity index (χ4v) is 7.46. The molecule has 0 aromatic heterocycles. The summed E-state index contributed by atoms with van der Waals surface area (Å²) in [6, 6.07) is 16.0. The number of hydrogen-bond acceptors (Lipinski definition) is 2. The number of phenols is 1. The Balaban J connectivity index is 1.70. The van der Waals surface area contributed by atoms with E-state index in [2.05, 4.69) is 38.1 Å². The third kappa shape index (κ3) is 2.84. The van der Waals surface area contributed by atoms with E-state index < -0.39 is 6.17 Å². The molecule has 0 aliphatic heterocycles. The van der Waals surface area contributed by atoms with Gasteiger partial charge in [0, 0.05) is 5.92 Å². The van der Waals surface area contributed by atoms with Crippen molar-refractivity contribution >= 4 is 0 Å². The summed E-state index contributed by atoms with van der Waals surface area (Å²) in [5.74, 6) is 1.01. The Morgan fingerprint density at radius 2 is 1.86 bits per heavy atom. The Bertz CT molecular complexity index is 897. The highest BCUT2D eigenvalue weighted by Crippen LogP contribution is 2.66. The summed E-state index contributed by atoms with van der Waals surface area (Å²) in [6.07, 6.45) is 1.74.